The second kappa shape index (κ2) is 4.85. The Bertz CT molecular complexity index is 587. The van der Waals surface area contributed by atoms with Crippen molar-refractivity contribution in [3.8, 4) is 11.3 Å². The maximum absolute atomic E-state index is 12.6. The normalized spacial score (nSPS) is 11.6. The second-order valence-corrected chi connectivity index (χ2v) is 4.58. The smallest absolute Gasteiger partial charge is 0.218 e. The van der Waals surface area contributed by atoms with Gasteiger partial charge in [-0.2, -0.15) is 13.2 Å². The van der Waals surface area contributed by atoms with E-state index in [4.69, 9.17) is 11.6 Å². The van der Waals surface area contributed by atoms with Crippen LogP contribution in [0.3, 0.4) is 0 Å². The van der Waals surface area contributed by atoms with E-state index in [0.717, 1.165) is 6.07 Å². The zero-order chi connectivity index (χ0) is 13.3. The number of hydrogen-bond donors (Lipinski definition) is 0. The predicted molar refractivity (Wildman–Crippen MR) is 65.2 cm³/mol. The van der Waals surface area contributed by atoms with Gasteiger partial charge in [-0.15, -0.1) is 0 Å². The molecule has 0 fully saturated rings. The first-order valence-corrected chi connectivity index (χ1v) is 5.92. The van der Waals surface area contributed by atoms with Crippen molar-refractivity contribution in [2.75, 3.05) is 0 Å². The Morgan fingerprint density at radius 1 is 1.11 bits per heavy atom. The van der Waals surface area contributed by atoms with Crippen molar-refractivity contribution in [3.63, 3.8) is 0 Å². The molecule has 1 aromatic heterocycles. The largest absolute Gasteiger partial charge is 0.433 e. The van der Waals surface area contributed by atoms with Crippen LogP contribution in [0.5, 0.6) is 0 Å². The molecule has 1 heterocycles. The molecular weight excluding hydrogens is 332 g/mol. The summed E-state index contributed by atoms with van der Waals surface area (Å²) in [6.45, 7) is 0. The van der Waals surface area contributed by atoms with E-state index in [-0.39, 0.29) is 5.69 Å². The monoisotopic (exact) mass is 336 g/mol. The third-order valence-electron chi connectivity index (χ3n) is 2.14. The van der Waals surface area contributed by atoms with E-state index >= 15 is 0 Å². The molecule has 0 amide bonds. The van der Waals surface area contributed by atoms with Crippen molar-refractivity contribution in [3.05, 3.63) is 45.8 Å². The average molecular weight is 338 g/mol. The van der Waals surface area contributed by atoms with Crippen LogP contribution in [-0.4, -0.2) is 9.97 Å². The van der Waals surface area contributed by atoms with Crippen LogP contribution in [0.4, 0.5) is 13.2 Å². The van der Waals surface area contributed by atoms with Crippen LogP contribution in [-0.2, 0) is 6.18 Å². The summed E-state index contributed by atoms with van der Waals surface area (Å²) in [6, 6.07) is 7.66. The standard InChI is InChI=1S/C11H5BrClF3N2/c12-7-4-2-1-3-6(7)8-5-9(11(14,15)16)18-10(13)17-8/h1-5H. The minimum absolute atomic E-state index is 0.120. The second-order valence-electron chi connectivity index (χ2n) is 3.39. The highest BCUT2D eigenvalue weighted by Gasteiger charge is 2.33. The molecule has 0 aliphatic heterocycles. The van der Waals surface area contributed by atoms with Gasteiger partial charge in [0.2, 0.25) is 5.28 Å². The van der Waals surface area contributed by atoms with Crippen LogP contribution >= 0.6 is 27.5 Å². The van der Waals surface area contributed by atoms with E-state index in [9.17, 15) is 13.2 Å². The van der Waals surface area contributed by atoms with Crippen molar-refractivity contribution in [2.45, 2.75) is 6.18 Å². The Balaban J connectivity index is 2.60. The molecule has 7 heteroatoms. The lowest BCUT2D eigenvalue weighted by atomic mass is 10.1. The maximum atomic E-state index is 12.6. The summed E-state index contributed by atoms with van der Waals surface area (Å²) in [5, 5.41) is -0.435. The van der Waals surface area contributed by atoms with Crippen molar-refractivity contribution < 1.29 is 13.2 Å². The third kappa shape index (κ3) is 2.81. The van der Waals surface area contributed by atoms with Crippen LogP contribution < -0.4 is 0 Å². The summed E-state index contributed by atoms with van der Waals surface area (Å²) in [6.07, 6.45) is -4.55. The number of halogens is 5. The Morgan fingerprint density at radius 3 is 2.39 bits per heavy atom. The van der Waals surface area contributed by atoms with Crippen molar-refractivity contribution >= 4 is 27.5 Å². The van der Waals surface area contributed by atoms with E-state index in [2.05, 4.69) is 25.9 Å². The fourth-order valence-corrected chi connectivity index (χ4v) is 2.04. The van der Waals surface area contributed by atoms with Crippen LogP contribution in [0.15, 0.2) is 34.8 Å². The fraction of sp³-hybridized carbons (Fsp3) is 0.0909. The number of benzene rings is 1. The molecule has 0 unspecified atom stereocenters. The van der Waals surface area contributed by atoms with Crippen LogP contribution in [0.1, 0.15) is 5.69 Å². The van der Waals surface area contributed by atoms with Gasteiger partial charge in [0.05, 0.1) is 5.69 Å². The molecule has 2 aromatic rings. The summed E-state index contributed by atoms with van der Waals surface area (Å²) in [5.41, 5.74) is -0.421. The zero-order valence-electron chi connectivity index (χ0n) is 8.67. The van der Waals surface area contributed by atoms with Gasteiger partial charge in [-0.3, -0.25) is 0 Å². The molecule has 0 saturated carbocycles. The SMILES string of the molecule is FC(F)(F)c1cc(-c2ccccc2Br)nc(Cl)n1. The van der Waals surface area contributed by atoms with Gasteiger partial charge < -0.3 is 0 Å². The highest BCUT2D eigenvalue weighted by Crippen LogP contribution is 2.33. The predicted octanol–water partition coefficient (Wildman–Crippen LogP) is 4.58. The molecule has 0 bridgehead atoms. The topological polar surface area (TPSA) is 25.8 Å². The molecule has 0 spiro atoms. The van der Waals surface area contributed by atoms with Crippen LogP contribution in [0.25, 0.3) is 11.3 Å². The third-order valence-corrected chi connectivity index (χ3v) is 3.00. The first-order chi connectivity index (χ1) is 8.38. The molecular formula is C11H5BrClF3N2. The Morgan fingerprint density at radius 2 is 1.78 bits per heavy atom. The molecule has 0 radical (unpaired) electrons. The van der Waals surface area contributed by atoms with Gasteiger partial charge in [0.25, 0.3) is 0 Å². The van der Waals surface area contributed by atoms with Gasteiger partial charge in [-0.1, -0.05) is 34.1 Å². The van der Waals surface area contributed by atoms with E-state index in [0.29, 0.717) is 10.0 Å². The Kier molecular flexibility index (Phi) is 3.59. The van der Waals surface area contributed by atoms with E-state index in [1.54, 1.807) is 24.3 Å². The highest BCUT2D eigenvalue weighted by molar-refractivity contribution is 9.10. The molecule has 0 aliphatic carbocycles. The molecule has 0 N–H and O–H groups in total. The quantitative estimate of drug-likeness (QED) is 0.712. The first kappa shape index (κ1) is 13.3. The van der Waals surface area contributed by atoms with Gasteiger partial charge in [0.1, 0.15) is 5.69 Å². The maximum Gasteiger partial charge on any atom is 0.433 e. The lowest BCUT2D eigenvalue weighted by Crippen LogP contribution is -2.09. The Hall–Kier alpha value is -1.14. The minimum atomic E-state index is -4.55. The van der Waals surface area contributed by atoms with Gasteiger partial charge in [-0.25, -0.2) is 9.97 Å². The molecule has 2 rings (SSSR count). The molecule has 94 valence electrons. The van der Waals surface area contributed by atoms with Crippen molar-refractivity contribution in [1.82, 2.24) is 9.97 Å². The van der Waals surface area contributed by atoms with Crippen LogP contribution in [0.2, 0.25) is 5.28 Å². The summed E-state index contributed by atoms with van der Waals surface area (Å²) in [4.78, 5) is 6.98. The number of rotatable bonds is 1. The number of alkyl halides is 3. The zero-order valence-corrected chi connectivity index (χ0v) is 11.0. The van der Waals surface area contributed by atoms with Gasteiger partial charge in [0, 0.05) is 10.0 Å². The summed E-state index contributed by atoms with van der Waals surface area (Å²) in [5.74, 6) is 0. The molecule has 0 atom stereocenters. The lowest BCUT2D eigenvalue weighted by molar-refractivity contribution is -0.141. The molecule has 18 heavy (non-hydrogen) atoms. The molecule has 0 aliphatic rings. The summed E-state index contributed by atoms with van der Waals surface area (Å²) in [7, 11) is 0. The van der Waals surface area contributed by atoms with E-state index in [1.807, 2.05) is 0 Å². The number of nitrogens with zero attached hydrogens (tertiary/aromatic N) is 2. The minimum Gasteiger partial charge on any atom is -0.218 e. The van der Waals surface area contributed by atoms with Crippen molar-refractivity contribution in [2.24, 2.45) is 0 Å². The van der Waals surface area contributed by atoms with Crippen molar-refractivity contribution in [1.29, 1.82) is 0 Å². The molecule has 1 aromatic carbocycles. The number of aromatic nitrogens is 2. The van der Waals surface area contributed by atoms with E-state index < -0.39 is 17.2 Å². The fourth-order valence-electron chi connectivity index (χ4n) is 1.37. The highest BCUT2D eigenvalue weighted by atomic mass is 79.9. The average Bonchev–Trinajstić information content (AvgIpc) is 2.27. The van der Waals surface area contributed by atoms with Gasteiger partial charge in [-0.05, 0) is 23.7 Å². The van der Waals surface area contributed by atoms with Crippen LogP contribution in [0, 0.1) is 0 Å². The molecule has 2 nitrogen and oxygen atoms in total. The molecule has 0 saturated heterocycles. The van der Waals surface area contributed by atoms with Gasteiger partial charge >= 0.3 is 6.18 Å². The Labute approximate surface area is 114 Å². The lowest BCUT2D eigenvalue weighted by Gasteiger charge is -2.09. The first-order valence-electron chi connectivity index (χ1n) is 4.74. The summed E-state index contributed by atoms with van der Waals surface area (Å²) >= 11 is 8.77. The van der Waals surface area contributed by atoms with E-state index in [1.165, 1.54) is 0 Å². The number of hydrogen-bond acceptors (Lipinski definition) is 2. The summed E-state index contributed by atoms with van der Waals surface area (Å²) < 4.78 is 38.4. The van der Waals surface area contributed by atoms with Gasteiger partial charge in [0.15, 0.2) is 0 Å².